The smallest absolute Gasteiger partial charge is 0.470 e. The molecule has 0 bridgehead atoms. The number of fused-ring (bicyclic) bond motifs is 1. The van der Waals surface area contributed by atoms with Crippen molar-refractivity contribution in [2.24, 2.45) is 0 Å². The lowest BCUT2D eigenvalue weighted by Crippen LogP contribution is -2.40. The monoisotopic (exact) mass is 425 g/mol. The first-order chi connectivity index (χ1) is 14.1. The number of aromatic nitrogens is 2. The maximum absolute atomic E-state index is 12.6. The quantitative estimate of drug-likeness (QED) is 0.745. The maximum atomic E-state index is 12.6. The van der Waals surface area contributed by atoms with Gasteiger partial charge in [0.15, 0.2) is 18.1 Å². The number of carbonyl (C=O) groups is 1. The van der Waals surface area contributed by atoms with E-state index in [0.717, 1.165) is 12.0 Å². The number of rotatable bonds is 4. The molecule has 0 spiro atoms. The Morgan fingerprint density at radius 2 is 2.00 bits per heavy atom. The van der Waals surface area contributed by atoms with Crippen LogP contribution in [0.3, 0.4) is 0 Å². The Hall–Kier alpha value is -2.78. The standard InChI is InChI=1S/C20H22F3N3O4/c1-19(2)10-13-4-3-5-14(16(13)30-19)28-11-15(27)26-8-6-12(7-9-26)17-24-25-18(29-17)20(21,22)23/h3-5,12H,6-11H2,1-2H3. The Morgan fingerprint density at radius 3 is 2.67 bits per heavy atom. The van der Waals surface area contributed by atoms with E-state index >= 15 is 0 Å². The molecular weight excluding hydrogens is 403 g/mol. The van der Waals surface area contributed by atoms with Crippen LogP contribution in [-0.4, -0.2) is 46.3 Å². The number of halogens is 3. The van der Waals surface area contributed by atoms with E-state index in [1.54, 1.807) is 11.0 Å². The van der Waals surface area contributed by atoms with Crippen LogP contribution in [0.4, 0.5) is 13.2 Å². The Kier molecular flexibility index (Phi) is 5.11. The molecule has 2 aromatic rings. The molecule has 1 aromatic carbocycles. The van der Waals surface area contributed by atoms with Gasteiger partial charge < -0.3 is 18.8 Å². The minimum atomic E-state index is -4.66. The van der Waals surface area contributed by atoms with Crippen molar-refractivity contribution in [3.05, 3.63) is 35.5 Å². The fraction of sp³-hybridized carbons (Fsp3) is 0.550. The summed E-state index contributed by atoms with van der Waals surface area (Å²) in [5.41, 5.74) is 0.734. The number of amides is 1. The van der Waals surface area contributed by atoms with Gasteiger partial charge in [-0.2, -0.15) is 13.2 Å². The molecule has 0 saturated carbocycles. The summed E-state index contributed by atoms with van der Waals surface area (Å²) in [7, 11) is 0. The summed E-state index contributed by atoms with van der Waals surface area (Å²) in [5.74, 6) is -0.662. The molecule has 1 fully saturated rings. The number of piperidine rings is 1. The Bertz CT molecular complexity index is 934. The minimum absolute atomic E-state index is 0.0368. The number of carbonyl (C=O) groups excluding carboxylic acids is 1. The second kappa shape index (κ2) is 7.48. The summed E-state index contributed by atoms with van der Waals surface area (Å²) in [6.45, 7) is 4.62. The molecule has 0 aliphatic carbocycles. The average Bonchev–Trinajstić information content (AvgIpc) is 3.29. The Labute approximate surface area is 171 Å². The number of benzene rings is 1. The summed E-state index contributed by atoms with van der Waals surface area (Å²) in [6, 6.07) is 5.62. The van der Waals surface area contributed by atoms with E-state index < -0.39 is 12.1 Å². The second-order valence-corrected chi connectivity index (χ2v) is 8.17. The summed E-state index contributed by atoms with van der Waals surface area (Å²) in [4.78, 5) is 14.2. The predicted octanol–water partition coefficient (Wildman–Crippen LogP) is 3.59. The lowest BCUT2D eigenvalue weighted by atomic mass is 9.97. The molecule has 0 radical (unpaired) electrons. The number of hydrogen-bond acceptors (Lipinski definition) is 6. The van der Waals surface area contributed by atoms with Crippen molar-refractivity contribution in [1.82, 2.24) is 15.1 Å². The minimum Gasteiger partial charge on any atom is -0.483 e. The Morgan fingerprint density at radius 1 is 1.27 bits per heavy atom. The fourth-order valence-corrected chi connectivity index (χ4v) is 3.82. The topological polar surface area (TPSA) is 77.7 Å². The van der Waals surface area contributed by atoms with E-state index in [9.17, 15) is 18.0 Å². The van der Waals surface area contributed by atoms with Gasteiger partial charge in [0.05, 0.1) is 0 Å². The van der Waals surface area contributed by atoms with Gasteiger partial charge in [-0.15, -0.1) is 10.2 Å². The van der Waals surface area contributed by atoms with E-state index in [2.05, 4.69) is 10.2 Å². The number of nitrogens with zero attached hydrogens (tertiary/aromatic N) is 3. The third-order valence-electron chi connectivity index (χ3n) is 5.29. The molecule has 1 aromatic heterocycles. The summed E-state index contributed by atoms with van der Waals surface area (Å²) < 4.78 is 54.3. The van der Waals surface area contributed by atoms with Gasteiger partial charge in [0, 0.05) is 31.0 Å². The first-order valence-corrected chi connectivity index (χ1v) is 9.74. The predicted molar refractivity (Wildman–Crippen MR) is 98.2 cm³/mol. The van der Waals surface area contributed by atoms with Crippen LogP contribution in [0.25, 0.3) is 0 Å². The molecule has 3 heterocycles. The molecule has 1 amide bonds. The van der Waals surface area contributed by atoms with Gasteiger partial charge in [-0.05, 0) is 32.8 Å². The van der Waals surface area contributed by atoms with Crippen LogP contribution >= 0.6 is 0 Å². The van der Waals surface area contributed by atoms with Gasteiger partial charge in [0.1, 0.15) is 5.60 Å². The number of likely N-dealkylation sites (tertiary alicyclic amines) is 1. The highest BCUT2D eigenvalue weighted by Crippen LogP contribution is 2.41. The van der Waals surface area contributed by atoms with Crippen molar-refractivity contribution in [2.75, 3.05) is 19.7 Å². The van der Waals surface area contributed by atoms with Crippen molar-refractivity contribution in [2.45, 2.75) is 50.8 Å². The maximum Gasteiger partial charge on any atom is 0.470 e. The normalized spacial score (nSPS) is 18.8. The zero-order valence-corrected chi connectivity index (χ0v) is 16.7. The van der Waals surface area contributed by atoms with Gasteiger partial charge in [-0.3, -0.25) is 4.79 Å². The molecular formula is C20H22F3N3O4. The number of alkyl halides is 3. The summed E-state index contributed by atoms with van der Waals surface area (Å²) in [5, 5.41) is 6.58. The fourth-order valence-electron chi connectivity index (χ4n) is 3.82. The number of para-hydroxylation sites is 1. The van der Waals surface area contributed by atoms with E-state index in [4.69, 9.17) is 13.9 Å². The second-order valence-electron chi connectivity index (χ2n) is 8.17. The van der Waals surface area contributed by atoms with Gasteiger partial charge in [0.25, 0.3) is 5.91 Å². The van der Waals surface area contributed by atoms with Gasteiger partial charge in [-0.1, -0.05) is 12.1 Å². The third-order valence-corrected chi connectivity index (χ3v) is 5.29. The first-order valence-electron chi connectivity index (χ1n) is 9.74. The highest BCUT2D eigenvalue weighted by molar-refractivity contribution is 5.78. The molecule has 0 N–H and O–H groups in total. The van der Waals surface area contributed by atoms with Crippen molar-refractivity contribution in [1.29, 1.82) is 0 Å². The van der Waals surface area contributed by atoms with Crippen molar-refractivity contribution in [3.8, 4) is 11.5 Å². The van der Waals surface area contributed by atoms with Crippen LogP contribution in [0.5, 0.6) is 11.5 Å². The lowest BCUT2D eigenvalue weighted by molar-refractivity contribution is -0.157. The van der Waals surface area contributed by atoms with Crippen LogP contribution in [-0.2, 0) is 17.4 Å². The van der Waals surface area contributed by atoms with Crippen molar-refractivity contribution < 1.29 is 31.9 Å². The molecule has 4 rings (SSSR count). The number of hydrogen-bond donors (Lipinski definition) is 0. The molecule has 7 nitrogen and oxygen atoms in total. The lowest BCUT2D eigenvalue weighted by Gasteiger charge is -2.30. The molecule has 10 heteroatoms. The molecule has 162 valence electrons. The van der Waals surface area contributed by atoms with E-state index in [1.165, 1.54) is 0 Å². The zero-order valence-electron chi connectivity index (χ0n) is 16.7. The average molecular weight is 425 g/mol. The van der Waals surface area contributed by atoms with Gasteiger partial charge in [0.2, 0.25) is 5.89 Å². The molecule has 0 unspecified atom stereocenters. The Balaban J connectivity index is 1.31. The molecule has 2 aliphatic rings. The highest BCUT2D eigenvalue weighted by atomic mass is 19.4. The number of ether oxygens (including phenoxy) is 2. The molecule has 2 aliphatic heterocycles. The van der Waals surface area contributed by atoms with Crippen LogP contribution in [0, 0.1) is 0 Å². The molecule has 0 atom stereocenters. The molecule has 1 saturated heterocycles. The van der Waals surface area contributed by atoms with Crippen LogP contribution in [0.1, 0.15) is 50.0 Å². The molecule has 30 heavy (non-hydrogen) atoms. The SMILES string of the molecule is CC1(C)Cc2cccc(OCC(=O)N3CCC(c4nnc(C(F)(F)F)o4)CC3)c2O1. The highest BCUT2D eigenvalue weighted by Gasteiger charge is 2.39. The van der Waals surface area contributed by atoms with E-state index in [0.29, 0.717) is 37.4 Å². The van der Waals surface area contributed by atoms with E-state index in [1.807, 2.05) is 26.0 Å². The van der Waals surface area contributed by atoms with Crippen molar-refractivity contribution >= 4 is 5.91 Å². The first kappa shape index (κ1) is 20.5. The van der Waals surface area contributed by atoms with Gasteiger partial charge >= 0.3 is 12.1 Å². The zero-order chi connectivity index (χ0) is 21.5. The largest absolute Gasteiger partial charge is 0.483 e. The summed E-state index contributed by atoms with van der Waals surface area (Å²) in [6.07, 6.45) is -2.99. The van der Waals surface area contributed by atoms with Crippen LogP contribution < -0.4 is 9.47 Å². The van der Waals surface area contributed by atoms with Gasteiger partial charge in [-0.25, -0.2) is 0 Å². The van der Waals surface area contributed by atoms with Crippen LogP contribution in [0.15, 0.2) is 22.6 Å². The van der Waals surface area contributed by atoms with Crippen molar-refractivity contribution in [3.63, 3.8) is 0 Å². The van der Waals surface area contributed by atoms with Crippen LogP contribution in [0.2, 0.25) is 0 Å². The van der Waals surface area contributed by atoms with E-state index in [-0.39, 0.29) is 29.9 Å². The third kappa shape index (κ3) is 4.22. The summed E-state index contributed by atoms with van der Waals surface area (Å²) >= 11 is 0.